The molecule has 0 amide bonds. The summed E-state index contributed by atoms with van der Waals surface area (Å²) in [5, 5.41) is 1.88. The second-order valence-electron chi connectivity index (χ2n) is 12.0. The number of nitrogens with two attached hydrogens (primary N) is 1. The molecule has 0 spiro atoms. The summed E-state index contributed by atoms with van der Waals surface area (Å²) in [5.41, 5.74) is 4.20. The topological polar surface area (TPSA) is 88.6 Å². The van der Waals surface area contributed by atoms with Crippen LogP contribution < -0.4 is 21.8 Å². The van der Waals surface area contributed by atoms with Crippen LogP contribution in [0.15, 0.2) is 89.1 Å². The molecule has 206 valence electrons. The minimum absolute atomic E-state index is 0.0214. The fourth-order valence-electron chi connectivity index (χ4n) is 6.29. The molecule has 1 fully saturated rings. The molecule has 1 aliphatic heterocycles. The number of halogens is 1. The molecule has 1 aliphatic carbocycles. The second-order valence-corrected chi connectivity index (χ2v) is 16.3. The smallest absolute Gasteiger partial charge is 0.350 e. The van der Waals surface area contributed by atoms with E-state index in [0.717, 1.165) is 10.4 Å². The van der Waals surface area contributed by atoms with E-state index in [4.69, 9.17) is 19.6 Å². The van der Waals surface area contributed by atoms with Gasteiger partial charge in [-0.2, -0.15) is 4.98 Å². The molecule has 3 atom stereocenters. The second kappa shape index (κ2) is 9.52. The highest BCUT2D eigenvalue weighted by Gasteiger charge is 2.63. The first-order chi connectivity index (χ1) is 18.3. The zero-order chi connectivity index (χ0) is 28.2. The Kier molecular flexibility index (Phi) is 6.70. The van der Waals surface area contributed by atoms with Crippen LogP contribution in [0.1, 0.15) is 47.6 Å². The van der Waals surface area contributed by atoms with Crippen LogP contribution in [0, 0.1) is 0 Å². The lowest BCUT2D eigenvalue weighted by molar-refractivity contribution is -0.168. The van der Waals surface area contributed by atoms with Crippen molar-refractivity contribution in [3.8, 4) is 0 Å². The van der Waals surface area contributed by atoms with Gasteiger partial charge in [-0.3, -0.25) is 4.57 Å². The van der Waals surface area contributed by atoms with Crippen molar-refractivity contribution in [1.29, 1.82) is 0 Å². The number of rotatable bonds is 6. The molecule has 0 unspecified atom stereocenters. The highest BCUT2D eigenvalue weighted by molar-refractivity contribution is 6.99. The zero-order valence-electron chi connectivity index (χ0n) is 23.3. The van der Waals surface area contributed by atoms with Crippen molar-refractivity contribution < 1.29 is 18.3 Å². The van der Waals surface area contributed by atoms with E-state index >= 15 is 4.39 Å². The van der Waals surface area contributed by atoms with Crippen molar-refractivity contribution >= 4 is 24.5 Å². The molecule has 2 aliphatic rings. The number of aromatic nitrogens is 2. The maximum atomic E-state index is 16.6. The molecule has 2 N–H and O–H groups in total. The van der Waals surface area contributed by atoms with Gasteiger partial charge < -0.3 is 19.6 Å². The molecule has 2 heterocycles. The molecule has 5 rings (SSSR count). The van der Waals surface area contributed by atoms with E-state index in [-0.39, 0.29) is 17.5 Å². The van der Waals surface area contributed by atoms with Crippen LogP contribution in [0.5, 0.6) is 0 Å². The van der Waals surface area contributed by atoms with Gasteiger partial charge in [-0.25, -0.2) is 9.18 Å². The van der Waals surface area contributed by atoms with E-state index in [0.29, 0.717) is 5.57 Å². The van der Waals surface area contributed by atoms with Gasteiger partial charge in [0.1, 0.15) is 29.4 Å². The summed E-state index contributed by atoms with van der Waals surface area (Å²) < 4.78 is 37.4. The Balaban J connectivity index is 1.64. The molecule has 0 bridgehead atoms. The fraction of sp³-hybridized carbons (Fsp3) is 0.400. The third-order valence-corrected chi connectivity index (χ3v) is 12.8. The lowest BCUT2D eigenvalue weighted by Gasteiger charge is -2.43. The average molecular weight is 550 g/mol. The summed E-state index contributed by atoms with van der Waals surface area (Å²) in [6.07, 6.45) is 0.692. The standard InChI is InChI=1S/C30H36FN3O4Si/c1-28(2,3)39(20-13-9-7-10-14-20,21-15-11-8-12-16-21)36-19-22-24(31)25(34-18-17-23(32)33-27(34)35)30(6)26(22)37-29(4,5)38-30/h7-18,25-26H,19H2,1-6H3,(H2,32,33,35)/t25-,26-,30+/m1/s1. The Morgan fingerprint density at radius 2 is 1.59 bits per heavy atom. The highest BCUT2D eigenvalue weighted by atomic mass is 28.4. The Labute approximate surface area is 229 Å². The number of anilines is 1. The minimum atomic E-state index is -2.96. The Hall–Kier alpha value is -3.11. The van der Waals surface area contributed by atoms with Crippen LogP contribution >= 0.6 is 0 Å². The number of benzene rings is 2. The Morgan fingerprint density at radius 3 is 2.10 bits per heavy atom. The van der Waals surface area contributed by atoms with Crippen molar-refractivity contribution in [1.82, 2.24) is 9.55 Å². The summed E-state index contributed by atoms with van der Waals surface area (Å²) in [7, 11) is -2.96. The highest BCUT2D eigenvalue weighted by Crippen LogP contribution is 2.54. The first kappa shape index (κ1) is 27.5. The summed E-state index contributed by atoms with van der Waals surface area (Å²) in [6, 6.07) is 20.8. The van der Waals surface area contributed by atoms with E-state index < -0.39 is 43.4 Å². The van der Waals surface area contributed by atoms with Crippen LogP contribution in [-0.4, -0.2) is 42.0 Å². The number of hydrogen-bond donors (Lipinski definition) is 1. The van der Waals surface area contributed by atoms with Crippen LogP contribution in [0.3, 0.4) is 0 Å². The van der Waals surface area contributed by atoms with Crippen molar-refractivity contribution in [3.05, 3.63) is 94.8 Å². The van der Waals surface area contributed by atoms with Gasteiger partial charge in [0.25, 0.3) is 8.32 Å². The first-order valence-corrected chi connectivity index (χ1v) is 15.1. The van der Waals surface area contributed by atoms with Crippen molar-refractivity contribution in [3.63, 3.8) is 0 Å². The van der Waals surface area contributed by atoms with E-state index in [2.05, 4.69) is 50.0 Å². The number of hydrogen-bond acceptors (Lipinski definition) is 6. The van der Waals surface area contributed by atoms with E-state index in [1.807, 2.05) is 36.4 Å². The van der Waals surface area contributed by atoms with Gasteiger partial charge in [0.2, 0.25) is 0 Å². The summed E-state index contributed by atoms with van der Waals surface area (Å²) in [4.78, 5) is 16.7. The third kappa shape index (κ3) is 4.47. The van der Waals surface area contributed by atoms with Crippen LogP contribution in [0.2, 0.25) is 5.04 Å². The van der Waals surface area contributed by atoms with Gasteiger partial charge in [-0.05, 0) is 42.2 Å². The fourth-order valence-corrected chi connectivity index (χ4v) is 10.8. The maximum Gasteiger partial charge on any atom is 0.350 e. The normalized spacial score (nSPS) is 24.7. The van der Waals surface area contributed by atoms with Crippen molar-refractivity contribution in [2.24, 2.45) is 0 Å². The molecule has 9 heteroatoms. The van der Waals surface area contributed by atoms with Crippen LogP contribution in [0.25, 0.3) is 0 Å². The monoisotopic (exact) mass is 549 g/mol. The first-order valence-electron chi connectivity index (χ1n) is 13.2. The van der Waals surface area contributed by atoms with Gasteiger partial charge >= 0.3 is 5.69 Å². The minimum Gasteiger partial charge on any atom is -0.403 e. The van der Waals surface area contributed by atoms with Gasteiger partial charge in [-0.15, -0.1) is 0 Å². The molecule has 1 saturated heterocycles. The van der Waals surface area contributed by atoms with Crippen molar-refractivity contribution in [2.75, 3.05) is 12.3 Å². The van der Waals surface area contributed by atoms with Gasteiger partial charge in [0, 0.05) is 11.8 Å². The zero-order valence-corrected chi connectivity index (χ0v) is 24.3. The number of fused-ring (bicyclic) bond motifs is 1. The summed E-state index contributed by atoms with van der Waals surface area (Å²) in [6.45, 7) is 11.8. The maximum absolute atomic E-state index is 16.6. The summed E-state index contributed by atoms with van der Waals surface area (Å²) in [5.74, 6) is -1.43. The lowest BCUT2D eigenvalue weighted by atomic mass is 9.95. The van der Waals surface area contributed by atoms with E-state index in [9.17, 15) is 4.79 Å². The van der Waals surface area contributed by atoms with Gasteiger partial charge in [0.15, 0.2) is 5.79 Å². The Bertz CT molecular complexity index is 1410. The van der Waals surface area contributed by atoms with E-state index in [1.165, 1.54) is 16.8 Å². The molecule has 3 aromatic rings. The molecular weight excluding hydrogens is 513 g/mol. The van der Waals surface area contributed by atoms with Crippen LogP contribution in [-0.2, 0) is 13.9 Å². The van der Waals surface area contributed by atoms with Gasteiger partial charge in [0.05, 0.1) is 6.61 Å². The molecule has 0 radical (unpaired) electrons. The molecular formula is C30H36FN3O4Si. The van der Waals surface area contributed by atoms with Gasteiger partial charge in [-0.1, -0.05) is 81.4 Å². The molecule has 2 aromatic carbocycles. The quantitative estimate of drug-likeness (QED) is 0.466. The van der Waals surface area contributed by atoms with E-state index in [1.54, 1.807) is 20.8 Å². The van der Waals surface area contributed by atoms with Crippen molar-refractivity contribution in [2.45, 2.75) is 70.1 Å². The number of ether oxygens (including phenoxy) is 2. The Morgan fingerprint density at radius 1 is 1.03 bits per heavy atom. The molecule has 0 saturated carbocycles. The molecule has 7 nitrogen and oxygen atoms in total. The third-order valence-electron chi connectivity index (χ3n) is 7.78. The molecule has 1 aromatic heterocycles. The number of nitrogens with zero attached hydrogens (tertiary/aromatic N) is 2. The number of nitrogen functional groups attached to an aromatic ring is 1. The predicted molar refractivity (Wildman–Crippen MR) is 152 cm³/mol. The SMILES string of the molecule is CC1(C)O[C@@H]2C(CO[Si](c3ccccc3)(c3ccccc3)C(C)(C)C)=C(F)[C@@H](n3ccc(N)nc3=O)[C@]2(C)O1. The molecule has 39 heavy (non-hydrogen) atoms. The average Bonchev–Trinajstić information content (AvgIpc) is 3.22. The largest absolute Gasteiger partial charge is 0.403 e. The van der Waals surface area contributed by atoms with Crippen LogP contribution in [0.4, 0.5) is 10.2 Å². The lowest BCUT2D eigenvalue weighted by Crippen LogP contribution is -2.66. The summed E-state index contributed by atoms with van der Waals surface area (Å²) >= 11 is 0. The predicted octanol–water partition coefficient (Wildman–Crippen LogP) is 4.09.